The lowest BCUT2D eigenvalue weighted by molar-refractivity contribution is 0.602. The van der Waals surface area contributed by atoms with Crippen molar-refractivity contribution in [3.05, 3.63) is 54.4 Å². The molecule has 0 bridgehead atoms. The monoisotopic (exact) mass is 480 g/mol. The second kappa shape index (κ2) is 8.68. The number of aryl methyl sites for hydroxylation is 1. The highest BCUT2D eigenvalue weighted by Crippen LogP contribution is 2.31. The summed E-state index contributed by atoms with van der Waals surface area (Å²) in [4.78, 5) is 24.2. The number of pyridine rings is 1. The van der Waals surface area contributed by atoms with Gasteiger partial charge in [0.1, 0.15) is 10.3 Å². The van der Waals surface area contributed by atoms with Crippen LogP contribution in [0.3, 0.4) is 0 Å². The fraction of sp³-hybridized carbons (Fsp3) is 0.304. The van der Waals surface area contributed by atoms with Crippen LogP contribution in [0.4, 0.5) is 11.1 Å². The van der Waals surface area contributed by atoms with Crippen molar-refractivity contribution in [1.29, 1.82) is 0 Å². The number of nitrogens with zero attached hydrogens (tertiary/aromatic N) is 6. The van der Waals surface area contributed by atoms with Gasteiger partial charge in [-0.3, -0.25) is 0 Å². The van der Waals surface area contributed by atoms with E-state index in [2.05, 4.69) is 26.7 Å². The summed E-state index contributed by atoms with van der Waals surface area (Å²) in [5.74, 6) is 0.782. The van der Waals surface area contributed by atoms with Crippen molar-refractivity contribution in [2.45, 2.75) is 18.2 Å². The first-order chi connectivity index (χ1) is 15.9. The molecular formula is C23H24N6O2S2. The molecule has 0 aliphatic carbocycles. The Labute approximate surface area is 196 Å². The van der Waals surface area contributed by atoms with Gasteiger partial charge in [0.15, 0.2) is 15.0 Å². The summed E-state index contributed by atoms with van der Waals surface area (Å²) in [5, 5.41) is 0.962. The number of benzene rings is 1. The van der Waals surface area contributed by atoms with Crippen LogP contribution in [-0.2, 0) is 16.3 Å². The lowest BCUT2D eigenvalue weighted by Crippen LogP contribution is -2.47. The van der Waals surface area contributed by atoms with E-state index < -0.39 is 9.84 Å². The van der Waals surface area contributed by atoms with Crippen molar-refractivity contribution in [1.82, 2.24) is 19.9 Å². The summed E-state index contributed by atoms with van der Waals surface area (Å²) in [6, 6.07) is 10.7. The number of aromatic nitrogens is 4. The molecule has 0 saturated carbocycles. The molecule has 0 radical (unpaired) electrons. The third kappa shape index (κ3) is 4.53. The largest absolute Gasteiger partial charge is 0.344 e. The zero-order valence-electron chi connectivity index (χ0n) is 18.5. The molecule has 0 spiro atoms. The van der Waals surface area contributed by atoms with E-state index in [4.69, 9.17) is 9.97 Å². The van der Waals surface area contributed by atoms with Gasteiger partial charge in [-0.15, -0.1) is 0 Å². The van der Waals surface area contributed by atoms with Gasteiger partial charge in [-0.05, 0) is 36.2 Å². The minimum Gasteiger partial charge on any atom is -0.344 e. The molecule has 0 amide bonds. The maximum atomic E-state index is 11.7. The molecule has 170 valence electrons. The Morgan fingerprint density at radius 2 is 1.58 bits per heavy atom. The Bertz CT molecular complexity index is 1380. The summed E-state index contributed by atoms with van der Waals surface area (Å²) in [6.07, 6.45) is 5.95. The van der Waals surface area contributed by atoms with E-state index in [1.54, 1.807) is 35.6 Å². The van der Waals surface area contributed by atoms with Crippen molar-refractivity contribution in [3.8, 4) is 11.3 Å². The third-order valence-electron chi connectivity index (χ3n) is 5.76. The molecule has 1 aromatic carbocycles. The molecular weight excluding hydrogens is 456 g/mol. The molecule has 4 heterocycles. The van der Waals surface area contributed by atoms with Gasteiger partial charge >= 0.3 is 0 Å². The van der Waals surface area contributed by atoms with E-state index in [1.807, 2.05) is 24.5 Å². The van der Waals surface area contributed by atoms with E-state index in [-0.39, 0.29) is 0 Å². The smallest absolute Gasteiger partial charge is 0.225 e. The number of hydrogen-bond acceptors (Lipinski definition) is 9. The van der Waals surface area contributed by atoms with Crippen LogP contribution >= 0.6 is 11.3 Å². The predicted octanol–water partition coefficient (Wildman–Crippen LogP) is 3.44. The van der Waals surface area contributed by atoms with Gasteiger partial charge in [-0.1, -0.05) is 30.4 Å². The minimum atomic E-state index is -3.22. The van der Waals surface area contributed by atoms with Gasteiger partial charge in [0.2, 0.25) is 5.95 Å². The fourth-order valence-electron chi connectivity index (χ4n) is 3.77. The number of thiazole rings is 1. The van der Waals surface area contributed by atoms with E-state index in [0.29, 0.717) is 4.90 Å². The first-order valence-electron chi connectivity index (χ1n) is 10.8. The highest BCUT2D eigenvalue weighted by Gasteiger charge is 2.22. The molecule has 33 heavy (non-hydrogen) atoms. The number of piperazine rings is 1. The predicted molar refractivity (Wildman–Crippen MR) is 132 cm³/mol. The highest BCUT2D eigenvalue weighted by molar-refractivity contribution is 7.90. The number of hydrogen-bond donors (Lipinski definition) is 0. The second-order valence-corrected chi connectivity index (χ2v) is 11.0. The Kier molecular flexibility index (Phi) is 5.71. The lowest BCUT2D eigenvalue weighted by Gasteiger charge is -2.34. The average Bonchev–Trinajstić information content (AvgIpc) is 3.27. The Morgan fingerprint density at radius 1 is 0.909 bits per heavy atom. The minimum absolute atomic E-state index is 0.304. The molecule has 3 aromatic heterocycles. The number of fused-ring (bicyclic) bond motifs is 1. The van der Waals surface area contributed by atoms with Crippen molar-refractivity contribution in [2.75, 3.05) is 42.2 Å². The SMILES string of the molecule is CCc1cnc(N2CCN(c3nc4ccc(-c5ccc(S(C)(=O)=O)cc5)nc4s3)CC2)nc1. The van der Waals surface area contributed by atoms with Gasteiger partial charge < -0.3 is 9.80 Å². The number of anilines is 2. The van der Waals surface area contributed by atoms with Gasteiger partial charge in [-0.25, -0.2) is 28.4 Å². The van der Waals surface area contributed by atoms with Crippen molar-refractivity contribution in [2.24, 2.45) is 0 Å². The molecule has 1 aliphatic rings. The van der Waals surface area contributed by atoms with Crippen molar-refractivity contribution >= 4 is 42.6 Å². The maximum Gasteiger partial charge on any atom is 0.225 e. The van der Waals surface area contributed by atoms with Crippen LogP contribution < -0.4 is 9.80 Å². The van der Waals surface area contributed by atoms with Crippen LogP contribution in [0.2, 0.25) is 0 Å². The Balaban J connectivity index is 1.31. The van der Waals surface area contributed by atoms with Crippen LogP contribution in [-0.4, -0.2) is 60.8 Å². The van der Waals surface area contributed by atoms with Crippen LogP contribution in [0, 0.1) is 0 Å². The van der Waals surface area contributed by atoms with Crippen molar-refractivity contribution < 1.29 is 8.42 Å². The van der Waals surface area contributed by atoms with Crippen LogP contribution in [0.1, 0.15) is 12.5 Å². The van der Waals surface area contributed by atoms with Gasteiger partial charge in [0.25, 0.3) is 0 Å². The molecule has 0 unspecified atom stereocenters. The molecule has 1 saturated heterocycles. The van der Waals surface area contributed by atoms with Crippen molar-refractivity contribution in [3.63, 3.8) is 0 Å². The summed E-state index contributed by atoms with van der Waals surface area (Å²) < 4.78 is 23.4. The Hall–Kier alpha value is -3.11. The van der Waals surface area contributed by atoms with Gasteiger partial charge in [-0.2, -0.15) is 0 Å². The standard InChI is InChI=1S/C23H24N6O2S2/c1-3-16-14-24-22(25-15-16)28-10-12-29(13-11-28)23-27-20-9-8-19(26-21(20)32-23)17-4-6-18(7-5-17)33(2,30)31/h4-9,14-15H,3,10-13H2,1-2H3. The summed E-state index contributed by atoms with van der Waals surface area (Å²) in [6.45, 7) is 5.47. The van der Waals surface area contributed by atoms with Gasteiger partial charge in [0.05, 0.1) is 10.6 Å². The summed E-state index contributed by atoms with van der Waals surface area (Å²) in [5.41, 5.74) is 3.69. The molecule has 4 aromatic rings. The molecule has 8 nitrogen and oxygen atoms in total. The molecule has 10 heteroatoms. The number of rotatable bonds is 5. The normalized spacial score (nSPS) is 14.7. The number of sulfone groups is 1. The molecule has 1 fully saturated rings. The molecule has 0 N–H and O–H groups in total. The average molecular weight is 481 g/mol. The molecule has 1 aliphatic heterocycles. The summed E-state index contributed by atoms with van der Waals surface area (Å²) >= 11 is 1.58. The van der Waals surface area contributed by atoms with Gasteiger partial charge in [0, 0.05) is 50.4 Å². The topological polar surface area (TPSA) is 92.2 Å². The quantitative estimate of drug-likeness (QED) is 0.429. The zero-order chi connectivity index (χ0) is 23.0. The Morgan fingerprint density at radius 3 is 2.21 bits per heavy atom. The first kappa shape index (κ1) is 21.7. The van der Waals surface area contributed by atoms with E-state index in [1.165, 1.54) is 6.26 Å². The third-order valence-corrected chi connectivity index (χ3v) is 7.91. The lowest BCUT2D eigenvalue weighted by atomic mass is 10.1. The summed E-state index contributed by atoms with van der Waals surface area (Å²) in [7, 11) is -3.22. The van der Waals surface area contributed by atoms with Crippen LogP contribution in [0.5, 0.6) is 0 Å². The first-order valence-corrected chi connectivity index (χ1v) is 13.5. The highest BCUT2D eigenvalue weighted by atomic mass is 32.2. The van der Waals surface area contributed by atoms with E-state index in [9.17, 15) is 8.42 Å². The van der Waals surface area contributed by atoms with E-state index in [0.717, 1.165) is 70.8 Å². The zero-order valence-corrected chi connectivity index (χ0v) is 20.1. The second-order valence-electron chi connectivity index (χ2n) is 8.03. The van der Waals surface area contributed by atoms with Crippen LogP contribution in [0.15, 0.2) is 53.7 Å². The maximum absolute atomic E-state index is 11.7. The molecule has 0 atom stereocenters. The molecule has 5 rings (SSSR count). The van der Waals surface area contributed by atoms with E-state index >= 15 is 0 Å². The fourth-order valence-corrected chi connectivity index (χ4v) is 5.39. The van der Waals surface area contributed by atoms with Crippen LogP contribution in [0.25, 0.3) is 21.6 Å².